The van der Waals surface area contributed by atoms with Crippen LogP contribution in [0.5, 0.6) is 0 Å². The summed E-state index contributed by atoms with van der Waals surface area (Å²) in [4.78, 5) is 22.6. The fourth-order valence-corrected chi connectivity index (χ4v) is 1.91. The predicted molar refractivity (Wildman–Crippen MR) is 73.7 cm³/mol. The van der Waals surface area contributed by atoms with E-state index in [-0.39, 0.29) is 11.4 Å². The maximum Gasteiger partial charge on any atom is 0.293 e. The van der Waals surface area contributed by atoms with Crippen LogP contribution in [-0.2, 0) is 7.05 Å². The molecule has 0 saturated carbocycles. The Labute approximate surface area is 115 Å². The molecule has 7 nitrogen and oxygen atoms in total. The summed E-state index contributed by atoms with van der Waals surface area (Å²) in [7, 11) is 1.71. The molecule has 1 aromatic carbocycles. The normalized spacial score (nSPS) is 10.3. The highest BCUT2D eigenvalue weighted by molar-refractivity contribution is 6.06. The summed E-state index contributed by atoms with van der Waals surface area (Å²) in [6.07, 6.45) is 1.57. The van der Waals surface area contributed by atoms with Crippen LogP contribution in [0.2, 0.25) is 0 Å². The Hall–Kier alpha value is -2.70. The zero-order chi connectivity index (χ0) is 14.9. The fraction of sp³-hybridized carbons (Fsp3) is 0.231. The molecule has 0 unspecified atom stereocenters. The monoisotopic (exact) mass is 274 g/mol. The first-order valence-corrected chi connectivity index (χ1v) is 5.95. The molecule has 0 aliphatic heterocycles. The molecule has 0 fully saturated rings. The topological polar surface area (TPSA) is 90.1 Å². The number of rotatable bonds is 3. The van der Waals surface area contributed by atoms with Gasteiger partial charge in [-0.1, -0.05) is 6.07 Å². The number of hydrogen-bond acceptors (Lipinski definition) is 4. The van der Waals surface area contributed by atoms with Gasteiger partial charge in [-0.25, -0.2) is 0 Å². The third kappa shape index (κ3) is 2.66. The Balaban J connectivity index is 2.33. The lowest BCUT2D eigenvalue weighted by Gasteiger charge is -2.06. The Morgan fingerprint density at radius 3 is 2.65 bits per heavy atom. The molecular weight excluding hydrogens is 260 g/mol. The minimum atomic E-state index is -0.515. The molecule has 0 aliphatic carbocycles. The Bertz CT molecular complexity index is 691. The minimum Gasteiger partial charge on any atom is -0.316 e. The lowest BCUT2D eigenvalue weighted by atomic mass is 10.2. The SMILES string of the molecule is Cc1ccc(NC(=O)c2cn(C)nc2C)c([N+](=O)[O-])c1. The van der Waals surface area contributed by atoms with Crippen molar-refractivity contribution in [2.75, 3.05) is 5.32 Å². The molecule has 0 spiro atoms. The van der Waals surface area contributed by atoms with Crippen LogP contribution in [-0.4, -0.2) is 20.6 Å². The van der Waals surface area contributed by atoms with E-state index in [1.54, 1.807) is 33.2 Å². The van der Waals surface area contributed by atoms with Crippen LogP contribution >= 0.6 is 0 Å². The summed E-state index contributed by atoms with van der Waals surface area (Å²) in [6, 6.07) is 4.65. The van der Waals surface area contributed by atoms with Crippen LogP contribution in [0.15, 0.2) is 24.4 Å². The number of nitro groups is 1. The number of aryl methyl sites for hydroxylation is 3. The molecule has 2 rings (SSSR count). The quantitative estimate of drug-likeness (QED) is 0.686. The van der Waals surface area contributed by atoms with Gasteiger partial charge < -0.3 is 5.32 Å². The van der Waals surface area contributed by atoms with Crippen LogP contribution < -0.4 is 5.32 Å². The van der Waals surface area contributed by atoms with Crippen LogP contribution in [0.4, 0.5) is 11.4 Å². The summed E-state index contributed by atoms with van der Waals surface area (Å²) < 4.78 is 1.52. The van der Waals surface area contributed by atoms with Crippen molar-refractivity contribution in [1.82, 2.24) is 9.78 Å². The van der Waals surface area contributed by atoms with Gasteiger partial charge in [0.25, 0.3) is 11.6 Å². The number of aromatic nitrogens is 2. The Morgan fingerprint density at radius 1 is 1.40 bits per heavy atom. The number of nitrogens with zero attached hydrogens (tertiary/aromatic N) is 3. The van der Waals surface area contributed by atoms with Crippen LogP contribution in [0.1, 0.15) is 21.6 Å². The Morgan fingerprint density at radius 2 is 2.10 bits per heavy atom. The molecule has 1 heterocycles. The standard InChI is InChI=1S/C13H14N4O3/c1-8-4-5-11(12(6-8)17(19)20)14-13(18)10-7-16(3)15-9(10)2/h4-7H,1-3H3,(H,14,18). The molecule has 7 heteroatoms. The van der Waals surface area contributed by atoms with Gasteiger partial charge in [0.2, 0.25) is 0 Å². The van der Waals surface area contributed by atoms with Crippen molar-refractivity contribution in [3.05, 3.63) is 51.3 Å². The summed E-state index contributed by atoms with van der Waals surface area (Å²) in [6.45, 7) is 3.46. The van der Waals surface area contributed by atoms with E-state index in [1.165, 1.54) is 16.8 Å². The highest BCUT2D eigenvalue weighted by Gasteiger charge is 2.18. The molecule has 20 heavy (non-hydrogen) atoms. The van der Waals surface area contributed by atoms with E-state index in [0.717, 1.165) is 5.56 Å². The van der Waals surface area contributed by atoms with Crippen LogP contribution in [0, 0.1) is 24.0 Å². The van der Waals surface area contributed by atoms with Crippen molar-refractivity contribution in [3.63, 3.8) is 0 Å². The van der Waals surface area contributed by atoms with Gasteiger partial charge in [-0.15, -0.1) is 0 Å². The van der Waals surface area contributed by atoms with Gasteiger partial charge in [0, 0.05) is 19.3 Å². The van der Waals surface area contributed by atoms with E-state index in [0.29, 0.717) is 11.3 Å². The molecule has 1 aromatic heterocycles. The van der Waals surface area contributed by atoms with Gasteiger partial charge in [0.15, 0.2) is 0 Å². The molecule has 1 N–H and O–H groups in total. The molecule has 2 aromatic rings. The summed E-state index contributed by atoms with van der Waals surface area (Å²) in [5.74, 6) is -0.414. The van der Waals surface area contributed by atoms with Crippen molar-refractivity contribution in [2.45, 2.75) is 13.8 Å². The first-order valence-electron chi connectivity index (χ1n) is 5.95. The van der Waals surface area contributed by atoms with Gasteiger partial charge in [-0.3, -0.25) is 19.6 Å². The first-order chi connectivity index (χ1) is 9.38. The van der Waals surface area contributed by atoms with Crippen molar-refractivity contribution >= 4 is 17.3 Å². The van der Waals surface area contributed by atoms with Crippen molar-refractivity contribution in [2.24, 2.45) is 7.05 Å². The maximum atomic E-state index is 12.1. The fourth-order valence-electron chi connectivity index (χ4n) is 1.91. The van der Waals surface area contributed by atoms with E-state index in [1.807, 2.05) is 0 Å². The number of benzene rings is 1. The number of nitrogens with one attached hydrogen (secondary N) is 1. The average molecular weight is 274 g/mol. The predicted octanol–water partition coefficient (Wildman–Crippen LogP) is 2.20. The summed E-state index contributed by atoms with van der Waals surface area (Å²) in [5.41, 5.74) is 1.77. The molecule has 0 bridgehead atoms. The third-order valence-corrected chi connectivity index (χ3v) is 2.86. The van der Waals surface area contributed by atoms with Gasteiger partial charge in [0.1, 0.15) is 5.69 Å². The smallest absolute Gasteiger partial charge is 0.293 e. The molecule has 0 saturated heterocycles. The molecule has 0 atom stereocenters. The number of anilines is 1. The lowest BCUT2D eigenvalue weighted by molar-refractivity contribution is -0.384. The molecular formula is C13H14N4O3. The minimum absolute atomic E-state index is 0.125. The third-order valence-electron chi connectivity index (χ3n) is 2.86. The van der Waals surface area contributed by atoms with E-state index >= 15 is 0 Å². The highest BCUT2D eigenvalue weighted by Crippen LogP contribution is 2.26. The number of nitro benzene ring substituents is 1. The van der Waals surface area contributed by atoms with Gasteiger partial charge in [0.05, 0.1) is 16.2 Å². The van der Waals surface area contributed by atoms with E-state index in [2.05, 4.69) is 10.4 Å². The molecule has 104 valence electrons. The van der Waals surface area contributed by atoms with Crippen molar-refractivity contribution < 1.29 is 9.72 Å². The van der Waals surface area contributed by atoms with E-state index in [9.17, 15) is 14.9 Å². The van der Waals surface area contributed by atoms with Gasteiger partial charge in [-0.05, 0) is 25.5 Å². The number of amides is 1. The number of hydrogen-bond donors (Lipinski definition) is 1. The average Bonchev–Trinajstić information content (AvgIpc) is 2.70. The zero-order valence-electron chi connectivity index (χ0n) is 11.4. The Kier molecular flexibility index (Phi) is 3.51. The second-order valence-electron chi connectivity index (χ2n) is 4.53. The van der Waals surface area contributed by atoms with Crippen molar-refractivity contribution in [3.8, 4) is 0 Å². The van der Waals surface area contributed by atoms with Gasteiger partial charge >= 0.3 is 0 Å². The zero-order valence-corrected chi connectivity index (χ0v) is 11.4. The van der Waals surface area contributed by atoms with Crippen molar-refractivity contribution in [1.29, 1.82) is 0 Å². The molecule has 1 amide bonds. The number of carbonyl (C=O) groups is 1. The molecule has 0 radical (unpaired) electrons. The van der Waals surface area contributed by atoms with E-state index < -0.39 is 10.8 Å². The first kappa shape index (κ1) is 13.7. The van der Waals surface area contributed by atoms with E-state index in [4.69, 9.17) is 0 Å². The highest BCUT2D eigenvalue weighted by atomic mass is 16.6. The van der Waals surface area contributed by atoms with Gasteiger partial charge in [-0.2, -0.15) is 5.10 Å². The van der Waals surface area contributed by atoms with Crippen LogP contribution in [0.3, 0.4) is 0 Å². The summed E-state index contributed by atoms with van der Waals surface area (Å²) >= 11 is 0. The maximum absolute atomic E-state index is 12.1. The second kappa shape index (κ2) is 5.12. The lowest BCUT2D eigenvalue weighted by Crippen LogP contribution is -2.13. The number of carbonyl (C=O) groups excluding carboxylic acids is 1. The van der Waals surface area contributed by atoms with Crippen LogP contribution in [0.25, 0.3) is 0 Å². The molecule has 0 aliphatic rings. The largest absolute Gasteiger partial charge is 0.316 e. The second-order valence-corrected chi connectivity index (χ2v) is 4.53. The summed E-state index contributed by atoms with van der Waals surface area (Å²) in [5, 5.41) is 17.6.